The van der Waals surface area contributed by atoms with Crippen molar-refractivity contribution in [3.63, 3.8) is 0 Å². The molecule has 0 aliphatic rings. The molecule has 0 aromatic carbocycles. The van der Waals surface area contributed by atoms with Gasteiger partial charge in [0.2, 0.25) is 0 Å². The van der Waals surface area contributed by atoms with Crippen molar-refractivity contribution in [1.29, 1.82) is 0 Å². The molecular formula is C10H18BrN3O. The molecule has 1 aromatic rings. The van der Waals surface area contributed by atoms with Gasteiger partial charge in [-0.25, -0.2) is 4.98 Å². The Labute approximate surface area is 98.6 Å². The number of rotatable bonds is 6. The number of halogens is 1. The lowest BCUT2D eigenvalue weighted by Crippen LogP contribution is -2.30. The molecule has 0 radical (unpaired) electrons. The summed E-state index contributed by atoms with van der Waals surface area (Å²) in [6.07, 6.45) is 2.55. The van der Waals surface area contributed by atoms with E-state index in [4.69, 9.17) is 5.11 Å². The number of aliphatic hydroxyl groups excluding tert-OH is 1. The lowest BCUT2D eigenvalue weighted by Gasteiger charge is -2.23. The van der Waals surface area contributed by atoms with Gasteiger partial charge in [0.25, 0.3) is 0 Å². The van der Waals surface area contributed by atoms with Crippen molar-refractivity contribution in [2.75, 3.05) is 13.2 Å². The van der Waals surface area contributed by atoms with Gasteiger partial charge in [-0.1, -0.05) is 13.8 Å². The summed E-state index contributed by atoms with van der Waals surface area (Å²) < 4.78 is 0.897. The number of H-pyrrole nitrogens is 1. The molecule has 3 N–H and O–H groups in total. The fourth-order valence-corrected chi connectivity index (χ4v) is 1.67. The van der Waals surface area contributed by atoms with Crippen molar-refractivity contribution in [2.45, 2.75) is 26.8 Å². The number of aromatic nitrogens is 2. The SMILES string of the molecule is CC(C)(CCO)CNCc1ncc(Br)[nH]1. The number of hydrogen-bond donors (Lipinski definition) is 3. The Bertz CT molecular complexity index is 299. The van der Waals surface area contributed by atoms with E-state index >= 15 is 0 Å². The number of nitrogens with one attached hydrogen (secondary N) is 2. The third kappa shape index (κ3) is 4.77. The van der Waals surface area contributed by atoms with Gasteiger partial charge in [-0.2, -0.15) is 0 Å². The van der Waals surface area contributed by atoms with Crippen molar-refractivity contribution in [3.8, 4) is 0 Å². The molecule has 0 saturated carbocycles. The predicted molar refractivity (Wildman–Crippen MR) is 63.5 cm³/mol. The highest BCUT2D eigenvalue weighted by Crippen LogP contribution is 2.18. The number of hydrogen-bond acceptors (Lipinski definition) is 3. The van der Waals surface area contributed by atoms with Gasteiger partial charge in [0.15, 0.2) is 0 Å². The average molecular weight is 276 g/mol. The minimum Gasteiger partial charge on any atom is -0.396 e. The molecule has 0 bridgehead atoms. The first-order valence-corrected chi connectivity index (χ1v) is 5.84. The Balaban J connectivity index is 2.27. The van der Waals surface area contributed by atoms with E-state index in [0.717, 1.165) is 29.9 Å². The number of nitrogens with zero attached hydrogens (tertiary/aromatic N) is 1. The summed E-state index contributed by atoms with van der Waals surface area (Å²) >= 11 is 3.31. The monoisotopic (exact) mass is 275 g/mol. The molecule has 1 aromatic heterocycles. The van der Waals surface area contributed by atoms with Crippen LogP contribution in [0.1, 0.15) is 26.1 Å². The van der Waals surface area contributed by atoms with Crippen LogP contribution >= 0.6 is 15.9 Å². The molecule has 0 amide bonds. The zero-order chi connectivity index (χ0) is 11.3. The Kier molecular flexibility index (Phi) is 4.76. The van der Waals surface area contributed by atoms with Crippen molar-refractivity contribution in [1.82, 2.24) is 15.3 Å². The van der Waals surface area contributed by atoms with E-state index in [2.05, 4.69) is 45.1 Å². The van der Waals surface area contributed by atoms with E-state index in [1.807, 2.05) is 0 Å². The Hall–Kier alpha value is -0.390. The highest BCUT2D eigenvalue weighted by molar-refractivity contribution is 9.10. The van der Waals surface area contributed by atoms with Gasteiger partial charge in [-0.3, -0.25) is 0 Å². The maximum Gasteiger partial charge on any atom is 0.120 e. The zero-order valence-corrected chi connectivity index (χ0v) is 10.8. The van der Waals surface area contributed by atoms with E-state index < -0.39 is 0 Å². The van der Waals surface area contributed by atoms with Gasteiger partial charge in [-0.15, -0.1) is 0 Å². The summed E-state index contributed by atoms with van der Waals surface area (Å²) in [5.41, 5.74) is 0.124. The molecule has 15 heavy (non-hydrogen) atoms. The first-order chi connectivity index (χ1) is 7.03. The molecule has 4 nitrogen and oxygen atoms in total. The lowest BCUT2D eigenvalue weighted by atomic mass is 9.90. The van der Waals surface area contributed by atoms with Crippen LogP contribution in [0, 0.1) is 5.41 Å². The van der Waals surface area contributed by atoms with Gasteiger partial charge in [0, 0.05) is 13.2 Å². The van der Waals surface area contributed by atoms with Gasteiger partial charge < -0.3 is 15.4 Å². The van der Waals surface area contributed by atoms with Crippen LogP contribution in [0.5, 0.6) is 0 Å². The molecular weight excluding hydrogens is 258 g/mol. The summed E-state index contributed by atoms with van der Waals surface area (Å²) in [7, 11) is 0. The van der Waals surface area contributed by atoms with E-state index in [1.54, 1.807) is 6.20 Å². The molecule has 0 aliphatic carbocycles. The van der Waals surface area contributed by atoms with Gasteiger partial charge in [0.1, 0.15) is 10.4 Å². The highest BCUT2D eigenvalue weighted by atomic mass is 79.9. The number of aromatic amines is 1. The number of imidazole rings is 1. The third-order valence-electron chi connectivity index (χ3n) is 2.28. The molecule has 0 atom stereocenters. The minimum absolute atomic E-state index is 0.124. The smallest absolute Gasteiger partial charge is 0.120 e. The Morgan fingerprint density at radius 1 is 1.60 bits per heavy atom. The number of aliphatic hydroxyl groups is 1. The summed E-state index contributed by atoms with van der Waals surface area (Å²) in [6.45, 7) is 6.09. The van der Waals surface area contributed by atoms with Crippen molar-refractivity contribution < 1.29 is 5.11 Å². The fourth-order valence-electron chi connectivity index (χ4n) is 1.34. The van der Waals surface area contributed by atoms with Crippen LogP contribution in [0.25, 0.3) is 0 Å². The lowest BCUT2D eigenvalue weighted by molar-refractivity contribution is 0.207. The van der Waals surface area contributed by atoms with Gasteiger partial charge in [0.05, 0.1) is 12.7 Å². The average Bonchev–Trinajstić information content (AvgIpc) is 2.51. The van der Waals surface area contributed by atoms with E-state index in [0.29, 0.717) is 0 Å². The zero-order valence-electron chi connectivity index (χ0n) is 9.18. The van der Waals surface area contributed by atoms with Crippen LogP contribution in [-0.4, -0.2) is 28.2 Å². The summed E-state index contributed by atoms with van der Waals surface area (Å²) in [6, 6.07) is 0. The van der Waals surface area contributed by atoms with Crippen LogP contribution in [0.2, 0.25) is 0 Å². The van der Waals surface area contributed by atoms with Gasteiger partial charge >= 0.3 is 0 Å². The van der Waals surface area contributed by atoms with Crippen molar-refractivity contribution in [3.05, 3.63) is 16.6 Å². The second-order valence-electron chi connectivity index (χ2n) is 4.42. The normalized spacial score (nSPS) is 12.0. The molecule has 0 aliphatic heterocycles. The topological polar surface area (TPSA) is 60.9 Å². The first-order valence-electron chi connectivity index (χ1n) is 5.04. The van der Waals surface area contributed by atoms with Gasteiger partial charge in [-0.05, 0) is 27.8 Å². The van der Waals surface area contributed by atoms with E-state index in [-0.39, 0.29) is 12.0 Å². The Morgan fingerprint density at radius 3 is 2.87 bits per heavy atom. The molecule has 0 unspecified atom stereocenters. The highest BCUT2D eigenvalue weighted by Gasteiger charge is 2.16. The summed E-state index contributed by atoms with van der Waals surface area (Å²) in [5.74, 6) is 0.918. The third-order valence-corrected chi connectivity index (χ3v) is 2.69. The van der Waals surface area contributed by atoms with Crippen LogP contribution in [0.4, 0.5) is 0 Å². The standard InChI is InChI=1S/C10H18BrN3O/c1-10(2,3-4-15)7-12-6-9-13-5-8(11)14-9/h5,12,15H,3-4,6-7H2,1-2H3,(H,13,14). The van der Waals surface area contributed by atoms with Crippen LogP contribution < -0.4 is 5.32 Å². The molecule has 5 heteroatoms. The Morgan fingerprint density at radius 2 is 2.33 bits per heavy atom. The first kappa shape index (κ1) is 12.7. The van der Waals surface area contributed by atoms with Crippen molar-refractivity contribution in [2.24, 2.45) is 5.41 Å². The summed E-state index contributed by atoms with van der Waals surface area (Å²) in [5, 5.41) is 12.2. The van der Waals surface area contributed by atoms with Crippen LogP contribution in [0.3, 0.4) is 0 Å². The van der Waals surface area contributed by atoms with Crippen LogP contribution in [0.15, 0.2) is 10.8 Å². The maximum absolute atomic E-state index is 8.87. The molecule has 0 saturated heterocycles. The van der Waals surface area contributed by atoms with E-state index in [9.17, 15) is 0 Å². The molecule has 0 spiro atoms. The summed E-state index contributed by atoms with van der Waals surface area (Å²) in [4.78, 5) is 7.25. The minimum atomic E-state index is 0.124. The molecule has 86 valence electrons. The quantitative estimate of drug-likeness (QED) is 0.740. The predicted octanol–water partition coefficient (Wildman–Crippen LogP) is 1.67. The maximum atomic E-state index is 8.87. The van der Waals surface area contributed by atoms with Crippen molar-refractivity contribution >= 4 is 15.9 Å². The molecule has 1 rings (SSSR count). The second kappa shape index (κ2) is 5.63. The van der Waals surface area contributed by atoms with Crippen LogP contribution in [-0.2, 0) is 6.54 Å². The molecule has 1 heterocycles. The molecule has 0 fully saturated rings. The fraction of sp³-hybridized carbons (Fsp3) is 0.700. The largest absolute Gasteiger partial charge is 0.396 e. The van der Waals surface area contributed by atoms with E-state index in [1.165, 1.54) is 0 Å². The second-order valence-corrected chi connectivity index (χ2v) is 5.27.